The zero-order valence-corrected chi connectivity index (χ0v) is 13.4. The maximum Gasteiger partial charge on any atom is 0.241 e. The molecule has 3 heteroatoms. The average molecular weight is 276 g/mol. The van der Waals surface area contributed by atoms with E-state index in [1.807, 2.05) is 13.0 Å². The number of hydrogen-bond acceptors (Lipinski definition) is 2. The Kier molecular flexibility index (Phi) is 6.21. The number of nitrogens with one attached hydrogen (secondary N) is 1. The minimum atomic E-state index is -0.426. The van der Waals surface area contributed by atoms with Gasteiger partial charge in [0.05, 0.1) is 6.04 Å². The van der Waals surface area contributed by atoms with Gasteiger partial charge in [-0.1, -0.05) is 53.2 Å². The molecule has 0 aliphatic carbocycles. The van der Waals surface area contributed by atoms with Gasteiger partial charge in [-0.05, 0) is 35.4 Å². The summed E-state index contributed by atoms with van der Waals surface area (Å²) in [5.74, 6) is 0.761. The standard InChI is InChI=1S/C17H28N2O/c1-6-7-15(18)17(20)19-16-9-8-13(11(2)3)10-14(16)12(4)5/h8-12,15H,6-7,18H2,1-5H3,(H,19,20)/t15-/m1/s1. The molecular formula is C17H28N2O. The van der Waals surface area contributed by atoms with E-state index in [0.29, 0.717) is 18.3 Å². The Balaban J connectivity index is 2.97. The first-order valence-electron chi connectivity index (χ1n) is 7.57. The molecule has 0 saturated carbocycles. The fourth-order valence-corrected chi connectivity index (χ4v) is 2.20. The summed E-state index contributed by atoms with van der Waals surface area (Å²) in [5.41, 5.74) is 9.23. The molecule has 3 nitrogen and oxygen atoms in total. The molecule has 1 rings (SSSR count). The monoisotopic (exact) mass is 276 g/mol. The van der Waals surface area contributed by atoms with Crippen molar-refractivity contribution in [2.24, 2.45) is 5.73 Å². The largest absolute Gasteiger partial charge is 0.324 e. The summed E-state index contributed by atoms with van der Waals surface area (Å²) < 4.78 is 0. The van der Waals surface area contributed by atoms with E-state index in [2.05, 4.69) is 45.1 Å². The lowest BCUT2D eigenvalue weighted by Crippen LogP contribution is -2.35. The third-order valence-corrected chi connectivity index (χ3v) is 3.56. The molecule has 1 atom stereocenters. The van der Waals surface area contributed by atoms with Crippen LogP contribution in [0.5, 0.6) is 0 Å². The van der Waals surface area contributed by atoms with Crippen molar-refractivity contribution in [1.82, 2.24) is 0 Å². The fourth-order valence-electron chi connectivity index (χ4n) is 2.20. The number of amides is 1. The van der Waals surface area contributed by atoms with Crippen molar-refractivity contribution in [3.8, 4) is 0 Å². The van der Waals surface area contributed by atoms with E-state index >= 15 is 0 Å². The number of anilines is 1. The molecule has 0 radical (unpaired) electrons. The third-order valence-electron chi connectivity index (χ3n) is 3.56. The SMILES string of the molecule is CCC[C@@H](N)C(=O)Nc1ccc(C(C)C)cc1C(C)C. The van der Waals surface area contributed by atoms with Crippen LogP contribution >= 0.6 is 0 Å². The number of carbonyl (C=O) groups excluding carboxylic acids is 1. The van der Waals surface area contributed by atoms with E-state index in [1.54, 1.807) is 0 Å². The summed E-state index contributed by atoms with van der Waals surface area (Å²) in [5, 5.41) is 2.98. The first kappa shape index (κ1) is 16.7. The van der Waals surface area contributed by atoms with Gasteiger partial charge in [-0.15, -0.1) is 0 Å². The molecule has 0 aliphatic rings. The number of nitrogens with two attached hydrogens (primary N) is 1. The number of carbonyl (C=O) groups is 1. The van der Waals surface area contributed by atoms with Crippen molar-refractivity contribution in [2.45, 2.75) is 65.3 Å². The molecule has 112 valence electrons. The van der Waals surface area contributed by atoms with Gasteiger partial charge in [0.25, 0.3) is 0 Å². The van der Waals surface area contributed by atoms with E-state index < -0.39 is 6.04 Å². The Bertz CT molecular complexity index is 452. The molecule has 1 aromatic rings. The van der Waals surface area contributed by atoms with Gasteiger partial charge >= 0.3 is 0 Å². The molecule has 3 N–H and O–H groups in total. The Hall–Kier alpha value is -1.35. The molecule has 0 heterocycles. The predicted octanol–water partition coefficient (Wildman–Crippen LogP) is 4.00. The molecule has 0 bridgehead atoms. The quantitative estimate of drug-likeness (QED) is 0.825. The number of rotatable bonds is 6. The highest BCUT2D eigenvalue weighted by molar-refractivity contribution is 5.95. The van der Waals surface area contributed by atoms with Crippen LogP contribution in [0.4, 0.5) is 5.69 Å². The Morgan fingerprint density at radius 3 is 2.35 bits per heavy atom. The van der Waals surface area contributed by atoms with E-state index in [0.717, 1.165) is 12.1 Å². The molecule has 20 heavy (non-hydrogen) atoms. The maximum absolute atomic E-state index is 12.1. The lowest BCUT2D eigenvalue weighted by atomic mass is 9.94. The first-order chi connectivity index (χ1) is 9.36. The van der Waals surface area contributed by atoms with Gasteiger partial charge in [0.15, 0.2) is 0 Å². The summed E-state index contributed by atoms with van der Waals surface area (Å²) in [6, 6.07) is 5.85. The lowest BCUT2D eigenvalue weighted by Gasteiger charge is -2.18. The third kappa shape index (κ3) is 4.34. The van der Waals surface area contributed by atoms with Crippen molar-refractivity contribution < 1.29 is 4.79 Å². The highest BCUT2D eigenvalue weighted by atomic mass is 16.2. The van der Waals surface area contributed by atoms with Crippen LogP contribution in [0, 0.1) is 0 Å². The maximum atomic E-state index is 12.1. The summed E-state index contributed by atoms with van der Waals surface area (Å²) in [6.45, 7) is 10.7. The van der Waals surface area contributed by atoms with Crippen LogP contribution in [-0.2, 0) is 4.79 Å². The molecule has 1 amide bonds. The summed E-state index contributed by atoms with van der Waals surface area (Å²) in [6.07, 6.45) is 1.63. The van der Waals surface area contributed by atoms with Gasteiger partial charge < -0.3 is 11.1 Å². The highest BCUT2D eigenvalue weighted by Gasteiger charge is 2.16. The first-order valence-corrected chi connectivity index (χ1v) is 7.57. The minimum Gasteiger partial charge on any atom is -0.324 e. The predicted molar refractivity (Wildman–Crippen MR) is 86.1 cm³/mol. The molecule has 0 spiro atoms. The van der Waals surface area contributed by atoms with Crippen molar-refractivity contribution in [2.75, 3.05) is 5.32 Å². The smallest absolute Gasteiger partial charge is 0.241 e. The van der Waals surface area contributed by atoms with Crippen molar-refractivity contribution in [3.05, 3.63) is 29.3 Å². The number of hydrogen-bond donors (Lipinski definition) is 2. The van der Waals surface area contributed by atoms with Gasteiger partial charge in [0, 0.05) is 5.69 Å². The normalized spacial score (nSPS) is 12.8. The van der Waals surface area contributed by atoms with Crippen LogP contribution in [-0.4, -0.2) is 11.9 Å². The van der Waals surface area contributed by atoms with Crippen LogP contribution < -0.4 is 11.1 Å². The molecule has 0 unspecified atom stereocenters. The topological polar surface area (TPSA) is 55.1 Å². The summed E-state index contributed by atoms with van der Waals surface area (Å²) in [4.78, 5) is 12.1. The zero-order valence-electron chi connectivity index (χ0n) is 13.4. The fraction of sp³-hybridized carbons (Fsp3) is 0.588. The van der Waals surface area contributed by atoms with Crippen LogP contribution in [0.25, 0.3) is 0 Å². The van der Waals surface area contributed by atoms with Crippen molar-refractivity contribution in [3.63, 3.8) is 0 Å². The van der Waals surface area contributed by atoms with E-state index in [9.17, 15) is 4.79 Å². The Morgan fingerprint density at radius 1 is 1.20 bits per heavy atom. The van der Waals surface area contributed by atoms with Gasteiger partial charge in [-0.25, -0.2) is 0 Å². The minimum absolute atomic E-state index is 0.0916. The van der Waals surface area contributed by atoms with E-state index in [1.165, 1.54) is 11.1 Å². The zero-order chi connectivity index (χ0) is 15.3. The summed E-state index contributed by atoms with van der Waals surface area (Å²) >= 11 is 0. The van der Waals surface area contributed by atoms with Crippen LogP contribution in [0.15, 0.2) is 18.2 Å². The number of benzene rings is 1. The molecule has 0 aliphatic heterocycles. The van der Waals surface area contributed by atoms with E-state index in [-0.39, 0.29) is 5.91 Å². The van der Waals surface area contributed by atoms with Crippen LogP contribution in [0.2, 0.25) is 0 Å². The van der Waals surface area contributed by atoms with Gasteiger partial charge in [-0.3, -0.25) is 4.79 Å². The second kappa shape index (κ2) is 7.44. The Morgan fingerprint density at radius 2 is 1.85 bits per heavy atom. The van der Waals surface area contributed by atoms with E-state index in [4.69, 9.17) is 5.73 Å². The average Bonchev–Trinajstić information content (AvgIpc) is 2.38. The highest BCUT2D eigenvalue weighted by Crippen LogP contribution is 2.28. The molecule has 0 saturated heterocycles. The summed E-state index contributed by atoms with van der Waals surface area (Å²) in [7, 11) is 0. The second-order valence-electron chi connectivity index (χ2n) is 6.04. The Labute approximate surface area is 122 Å². The van der Waals surface area contributed by atoms with Gasteiger partial charge in [0.2, 0.25) is 5.91 Å². The van der Waals surface area contributed by atoms with Gasteiger partial charge in [-0.2, -0.15) is 0 Å². The molecular weight excluding hydrogens is 248 g/mol. The molecule has 0 fully saturated rings. The second-order valence-corrected chi connectivity index (χ2v) is 6.04. The molecule has 0 aromatic heterocycles. The van der Waals surface area contributed by atoms with Crippen molar-refractivity contribution >= 4 is 11.6 Å². The van der Waals surface area contributed by atoms with Crippen molar-refractivity contribution in [1.29, 1.82) is 0 Å². The van der Waals surface area contributed by atoms with Crippen LogP contribution in [0.3, 0.4) is 0 Å². The van der Waals surface area contributed by atoms with Crippen LogP contribution in [0.1, 0.15) is 70.4 Å². The van der Waals surface area contributed by atoms with Gasteiger partial charge in [0.1, 0.15) is 0 Å². The molecule has 1 aromatic carbocycles. The lowest BCUT2D eigenvalue weighted by molar-refractivity contribution is -0.117.